The highest BCUT2D eigenvalue weighted by Gasteiger charge is 2.08. The Labute approximate surface area is 96.6 Å². The average molecular weight is 278 g/mol. The highest BCUT2D eigenvalue weighted by Crippen LogP contribution is 2.06. The van der Waals surface area contributed by atoms with Gasteiger partial charge in [0, 0.05) is 25.5 Å². The lowest BCUT2D eigenvalue weighted by atomic mass is 10.5. The van der Waals surface area contributed by atoms with Gasteiger partial charge in [-0.05, 0) is 0 Å². The predicted molar refractivity (Wildman–Crippen MR) is 59.9 cm³/mol. The number of alkyl halides is 1. The van der Waals surface area contributed by atoms with Gasteiger partial charge in [0.15, 0.2) is 5.82 Å². The summed E-state index contributed by atoms with van der Waals surface area (Å²) in [4.78, 5) is 9.76. The lowest BCUT2D eigenvalue weighted by Gasteiger charge is -2.20. The first-order valence-corrected chi connectivity index (χ1v) is 5.67. The Bertz CT molecular complexity index is 283. The van der Waals surface area contributed by atoms with Crippen molar-refractivity contribution in [2.45, 2.75) is 0 Å². The van der Waals surface area contributed by atoms with Crippen LogP contribution in [0.2, 0.25) is 0 Å². The van der Waals surface area contributed by atoms with E-state index in [4.69, 9.17) is 4.74 Å². The summed E-state index contributed by atoms with van der Waals surface area (Å²) in [6, 6.07) is 0. The molecule has 0 aliphatic heterocycles. The zero-order chi connectivity index (χ0) is 11.1. The van der Waals surface area contributed by atoms with Crippen molar-refractivity contribution in [2.24, 2.45) is 0 Å². The Morgan fingerprint density at radius 3 is 2.60 bits per heavy atom. The number of hydrogen-bond acceptors (Lipinski definition) is 4. The minimum atomic E-state index is -0.427. The van der Waals surface area contributed by atoms with Crippen LogP contribution in [0.4, 0.5) is 10.3 Å². The largest absolute Gasteiger partial charge is 0.383 e. The first-order valence-electron chi connectivity index (χ1n) is 4.55. The number of anilines is 1. The van der Waals surface area contributed by atoms with Crippen molar-refractivity contribution in [3.63, 3.8) is 0 Å². The Kier molecular flexibility index (Phi) is 5.49. The van der Waals surface area contributed by atoms with Gasteiger partial charge in [0.25, 0.3) is 0 Å². The Balaban J connectivity index is 2.65. The molecule has 0 atom stereocenters. The second-order valence-electron chi connectivity index (χ2n) is 2.87. The summed E-state index contributed by atoms with van der Waals surface area (Å²) in [5.41, 5.74) is 0. The maximum atomic E-state index is 12.6. The SMILES string of the molecule is COCCN(CCBr)c1ncc(F)cn1. The molecule has 0 saturated carbocycles. The standard InChI is InChI=1S/C9H13BrFN3O/c1-15-5-4-14(3-2-10)9-12-6-8(11)7-13-9/h6-7H,2-5H2,1H3. The molecule has 0 aliphatic rings. The number of methoxy groups -OCH3 is 1. The molecule has 6 heteroatoms. The van der Waals surface area contributed by atoms with Crippen LogP contribution in [0.1, 0.15) is 0 Å². The monoisotopic (exact) mass is 277 g/mol. The fraction of sp³-hybridized carbons (Fsp3) is 0.556. The van der Waals surface area contributed by atoms with Gasteiger partial charge in [-0.25, -0.2) is 14.4 Å². The molecule has 0 amide bonds. The first-order chi connectivity index (χ1) is 7.27. The second-order valence-corrected chi connectivity index (χ2v) is 3.66. The third-order valence-corrected chi connectivity index (χ3v) is 2.16. The molecule has 0 saturated heterocycles. The van der Waals surface area contributed by atoms with Crippen LogP contribution in [-0.4, -0.2) is 42.1 Å². The fourth-order valence-electron chi connectivity index (χ4n) is 1.08. The van der Waals surface area contributed by atoms with Crippen LogP contribution in [0.25, 0.3) is 0 Å². The van der Waals surface area contributed by atoms with Gasteiger partial charge >= 0.3 is 0 Å². The Morgan fingerprint density at radius 2 is 2.07 bits per heavy atom. The molecule has 0 N–H and O–H groups in total. The summed E-state index contributed by atoms with van der Waals surface area (Å²) in [5.74, 6) is 0.0946. The molecule has 4 nitrogen and oxygen atoms in total. The molecule has 0 spiro atoms. The van der Waals surface area contributed by atoms with E-state index in [0.29, 0.717) is 19.1 Å². The lowest BCUT2D eigenvalue weighted by Crippen LogP contribution is -2.30. The molecule has 0 radical (unpaired) electrons. The minimum Gasteiger partial charge on any atom is -0.383 e. The average Bonchev–Trinajstić information content (AvgIpc) is 2.25. The lowest BCUT2D eigenvalue weighted by molar-refractivity contribution is 0.205. The van der Waals surface area contributed by atoms with E-state index >= 15 is 0 Å². The van der Waals surface area contributed by atoms with Gasteiger partial charge in [0.2, 0.25) is 5.95 Å². The van der Waals surface area contributed by atoms with Crippen LogP contribution in [0.15, 0.2) is 12.4 Å². The summed E-state index contributed by atoms with van der Waals surface area (Å²) in [7, 11) is 1.64. The summed E-state index contributed by atoms with van der Waals surface area (Å²) in [6.45, 7) is 2.04. The highest BCUT2D eigenvalue weighted by molar-refractivity contribution is 9.09. The van der Waals surface area contributed by atoms with E-state index in [1.165, 1.54) is 0 Å². The molecule has 84 valence electrons. The van der Waals surface area contributed by atoms with Gasteiger partial charge in [0.05, 0.1) is 19.0 Å². The fourth-order valence-corrected chi connectivity index (χ4v) is 1.51. The summed E-state index contributed by atoms with van der Waals surface area (Å²) >= 11 is 3.34. The van der Waals surface area contributed by atoms with Crippen molar-refractivity contribution < 1.29 is 9.13 Å². The van der Waals surface area contributed by atoms with Crippen LogP contribution in [0.3, 0.4) is 0 Å². The van der Waals surface area contributed by atoms with Gasteiger partial charge in [-0.15, -0.1) is 0 Å². The second kappa shape index (κ2) is 6.68. The van der Waals surface area contributed by atoms with Gasteiger partial charge in [-0.2, -0.15) is 0 Å². The van der Waals surface area contributed by atoms with E-state index in [0.717, 1.165) is 24.3 Å². The number of aromatic nitrogens is 2. The van der Waals surface area contributed by atoms with Gasteiger partial charge in [-0.3, -0.25) is 0 Å². The topological polar surface area (TPSA) is 38.2 Å². The van der Waals surface area contributed by atoms with E-state index in [1.807, 2.05) is 4.90 Å². The molecule has 0 aromatic carbocycles. The quantitative estimate of drug-likeness (QED) is 0.738. The number of nitrogens with zero attached hydrogens (tertiary/aromatic N) is 3. The van der Waals surface area contributed by atoms with Gasteiger partial charge in [0.1, 0.15) is 0 Å². The van der Waals surface area contributed by atoms with Crippen molar-refractivity contribution in [3.05, 3.63) is 18.2 Å². The zero-order valence-electron chi connectivity index (χ0n) is 8.49. The van der Waals surface area contributed by atoms with E-state index in [9.17, 15) is 4.39 Å². The van der Waals surface area contributed by atoms with Crippen LogP contribution in [-0.2, 0) is 4.74 Å². The molecule has 1 aromatic rings. The Hall–Kier alpha value is -0.750. The molecular formula is C9H13BrFN3O. The molecule has 0 unspecified atom stereocenters. The Morgan fingerprint density at radius 1 is 1.40 bits per heavy atom. The molecular weight excluding hydrogens is 265 g/mol. The first kappa shape index (κ1) is 12.3. The third-order valence-electron chi connectivity index (χ3n) is 1.81. The van der Waals surface area contributed by atoms with Crippen molar-refractivity contribution in [3.8, 4) is 0 Å². The predicted octanol–water partition coefficient (Wildman–Crippen LogP) is 1.46. The normalized spacial score (nSPS) is 10.3. The van der Waals surface area contributed by atoms with Crippen molar-refractivity contribution in [2.75, 3.05) is 37.0 Å². The maximum absolute atomic E-state index is 12.6. The van der Waals surface area contributed by atoms with Crippen molar-refractivity contribution in [1.29, 1.82) is 0 Å². The summed E-state index contributed by atoms with van der Waals surface area (Å²) < 4.78 is 17.6. The van der Waals surface area contributed by atoms with Crippen LogP contribution in [0.5, 0.6) is 0 Å². The molecule has 1 aromatic heterocycles. The molecule has 1 heterocycles. The van der Waals surface area contributed by atoms with Crippen molar-refractivity contribution >= 4 is 21.9 Å². The van der Waals surface area contributed by atoms with E-state index in [-0.39, 0.29) is 0 Å². The highest BCUT2D eigenvalue weighted by atomic mass is 79.9. The van der Waals surface area contributed by atoms with Crippen LogP contribution >= 0.6 is 15.9 Å². The van der Waals surface area contributed by atoms with Crippen LogP contribution in [0, 0.1) is 5.82 Å². The maximum Gasteiger partial charge on any atom is 0.225 e. The van der Waals surface area contributed by atoms with E-state index in [2.05, 4.69) is 25.9 Å². The van der Waals surface area contributed by atoms with Crippen LogP contribution < -0.4 is 4.90 Å². The van der Waals surface area contributed by atoms with Gasteiger partial charge in [-0.1, -0.05) is 15.9 Å². The van der Waals surface area contributed by atoms with E-state index < -0.39 is 5.82 Å². The number of rotatable bonds is 6. The molecule has 0 aliphatic carbocycles. The van der Waals surface area contributed by atoms with Gasteiger partial charge < -0.3 is 9.64 Å². The third kappa shape index (κ3) is 4.09. The number of hydrogen-bond donors (Lipinski definition) is 0. The molecule has 0 bridgehead atoms. The van der Waals surface area contributed by atoms with Crippen molar-refractivity contribution in [1.82, 2.24) is 9.97 Å². The summed E-state index contributed by atoms with van der Waals surface area (Å²) in [5, 5.41) is 0.803. The zero-order valence-corrected chi connectivity index (χ0v) is 10.1. The number of ether oxygens (including phenoxy) is 1. The number of halogens is 2. The van der Waals surface area contributed by atoms with E-state index in [1.54, 1.807) is 7.11 Å². The minimum absolute atomic E-state index is 0.427. The molecule has 1 rings (SSSR count). The summed E-state index contributed by atoms with van der Waals surface area (Å²) in [6.07, 6.45) is 2.33. The molecule has 0 fully saturated rings. The smallest absolute Gasteiger partial charge is 0.225 e. The molecule has 15 heavy (non-hydrogen) atoms.